The van der Waals surface area contributed by atoms with E-state index in [1.165, 1.54) is 20.5 Å². The highest BCUT2D eigenvalue weighted by atomic mass is 32.1. The first-order chi connectivity index (χ1) is 9.66. The van der Waals surface area contributed by atoms with E-state index in [2.05, 4.69) is 10.3 Å². The van der Waals surface area contributed by atoms with Crippen molar-refractivity contribution in [1.82, 2.24) is 14.1 Å². The Morgan fingerprint density at radius 3 is 2.80 bits per heavy atom. The van der Waals surface area contributed by atoms with Crippen molar-refractivity contribution in [3.8, 4) is 0 Å². The van der Waals surface area contributed by atoms with Gasteiger partial charge in [-0.2, -0.15) is 0 Å². The van der Waals surface area contributed by atoms with Crippen LogP contribution in [-0.2, 0) is 18.4 Å². The van der Waals surface area contributed by atoms with Gasteiger partial charge in [0.1, 0.15) is 6.54 Å². The van der Waals surface area contributed by atoms with Gasteiger partial charge in [0, 0.05) is 18.6 Å². The van der Waals surface area contributed by atoms with Crippen LogP contribution in [0.4, 0.5) is 5.13 Å². The first kappa shape index (κ1) is 12.6. The molecule has 0 unspecified atom stereocenters. The Hall–Kier alpha value is -2.41. The molecule has 6 nitrogen and oxygen atoms in total. The molecule has 3 aromatic rings. The first-order valence-corrected chi connectivity index (χ1v) is 6.88. The standard InChI is InChI=1S/C13H12N4O2S/c1-16-9-4-2-3-5-10(9)17(13(16)19)8-11(18)15-12-14-6-7-20-12/h2-7H,8H2,1H3,(H,14,15,18). The van der Waals surface area contributed by atoms with E-state index in [0.29, 0.717) is 5.13 Å². The van der Waals surface area contributed by atoms with Crippen molar-refractivity contribution in [2.75, 3.05) is 5.32 Å². The van der Waals surface area contributed by atoms with Crippen molar-refractivity contribution in [2.24, 2.45) is 7.05 Å². The van der Waals surface area contributed by atoms with Crippen LogP contribution < -0.4 is 11.0 Å². The summed E-state index contributed by atoms with van der Waals surface area (Å²) in [7, 11) is 1.69. The van der Waals surface area contributed by atoms with Crippen molar-refractivity contribution in [3.05, 3.63) is 46.3 Å². The van der Waals surface area contributed by atoms with Crippen molar-refractivity contribution in [1.29, 1.82) is 0 Å². The number of para-hydroxylation sites is 2. The number of aryl methyl sites for hydroxylation is 1. The molecular formula is C13H12N4O2S. The highest BCUT2D eigenvalue weighted by molar-refractivity contribution is 7.13. The van der Waals surface area contributed by atoms with E-state index >= 15 is 0 Å². The van der Waals surface area contributed by atoms with Gasteiger partial charge in [-0.25, -0.2) is 9.78 Å². The molecule has 0 bridgehead atoms. The van der Waals surface area contributed by atoms with Crippen LogP contribution in [0.1, 0.15) is 0 Å². The number of anilines is 1. The molecule has 7 heteroatoms. The molecule has 1 amide bonds. The molecule has 0 aliphatic rings. The maximum Gasteiger partial charge on any atom is 0.329 e. The second-order valence-electron chi connectivity index (χ2n) is 4.30. The molecule has 0 aliphatic heterocycles. The molecule has 2 heterocycles. The van der Waals surface area contributed by atoms with Gasteiger partial charge in [-0.1, -0.05) is 12.1 Å². The summed E-state index contributed by atoms with van der Waals surface area (Å²) in [5.74, 6) is -0.265. The van der Waals surface area contributed by atoms with Gasteiger partial charge in [0.05, 0.1) is 11.0 Å². The monoisotopic (exact) mass is 288 g/mol. The molecule has 1 N–H and O–H groups in total. The fraction of sp³-hybridized carbons (Fsp3) is 0.154. The predicted octanol–water partition coefficient (Wildman–Crippen LogP) is 1.44. The molecule has 0 spiro atoms. The zero-order chi connectivity index (χ0) is 14.1. The molecule has 2 aromatic heterocycles. The van der Waals surface area contributed by atoms with Gasteiger partial charge in [-0.3, -0.25) is 13.9 Å². The van der Waals surface area contributed by atoms with Gasteiger partial charge in [-0.05, 0) is 12.1 Å². The molecule has 102 valence electrons. The molecule has 0 saturated heterocycles. The van der Waals surface area contributed by atoms with Crippen LogP contribution >= 0.6 is 11.3 Å². The van der Waals surface area contributed by atoms with Gasteiger partial charge in [0.15, 0.2) is 5.13 Å². The number of carbonyl (C=O) groups is 1. The zero-order valence-electron chi connectivity index (χ0n) is 10.7. The number of fused-ring (bicyclic) bond motifs is 1. The van der Waals surface area contributed by atoms with E-state index in [9.17, 15) is 9.59 Å². The van der Waals surface area contributed by atoms with Crippen molar-refractivity contribution < 1.29 is 4.79 Å². The minimum Gasteiger partial charge on any atom is -0.300 e. The highest BCUT2D eigenvalue weighted by Crippen LogP contribution is 2.13. The highest BCUT2D eigenvalue weighted by Gasteiger charge is 2.13. The third kappa shape index (κ3) is 2.12. The van der Waals surface area contributed by atoms with Gasteiger partial charge >= 0.3 is 5.69 Å². The summed E-state index contributed by atoms with van der Waals surface area (Å²) in [4.78, 5) is 28.1. The topological polar surface area (TPSA) is 68.9 Å². The summed E-state index contributed by atoms with van der Waals surface area (Å²) in [5.41, 5.74) is 1.34. The molecule has 0 saturated carbocycles. The summed E-state index contributed by atoms with van der Waals surface area (Å²) in [6.45, 7) is -0.0280. The van der Waals surface area contributed by atoms with Crippen LogP contribution in [0.5, 0.6) is 0 Å². The Morgan fingerprint density at radius 2 is 2.10 bits per heavy atom. The summed E-state index contributed by atoms with van der Waals surface area (Å²) in [5, 5.41) is 4.98. The van der Waals surface area contributed by atoms with E-state index in [4.69, 9.17) is 0 Å². The second-order valence-corrected chi connectivity index (χ2v) is 5.20. The number of aromatic nitrogens is 3. The first-order valence-electron chi connectivity index (χ1n) is 6.00. The average molecular weight is 288 g/mol. The summed E-state index contributed by atoms with van der Waals surface area (Å²) >= 11 is 1.34. The van der Waals surface area contributed by atoms with Gasteiger partial charge in [0.25, 0.3) is 0 Å². The molecule has 3 rings (SSSR count). The zero-order valence-corrected chi connectivity index (χ0v) is 11.6. The molecule has 20 heavy (non-hydrogen) atoms. The third-order valence-electron chi connectivity index (χ3n) is 3.03. The number of nitrogens with zero attached hydrogens (tertiary/aromatic N) is 3. The minimum absolute atomic E-state index is 0.0280. The number of hydrogen-bond acceptors (Lipinski definition) is 4. The Balaban J connectivity index is 1.93. The maximum atomic E-state index is 12.2. The van der Waals surface area contributed by atoms with Crippen LogP contribution in [0.25, 0.3) is 11.0 Å². The van der Waals surface area contributed by atoms with Crippen molar-refractivity contribution >= 4 is 33.4 Å². The normalized spacial score (nSPS) is 10.8. The van der Waals surface area contributed by atoms with E-state index in [1.807, 2.05) is 24.3 Å². The molecule has 0 atom stereocenters. The lowest BCUT2D eigenvalue weighted by Gasteiger charge is -2.03. The summed E-state index contributed by atoms with van der Waals surface area (Å²) in [6, 6.07) is 7.39. The van der Waals surface area contributed by atoms with Crippen LogP contribution in [0.15, 0.2) is 40.6 Å². The van der Waals surface area contributed by atoms with Crippen LogP contribution in [0, 0.1) is 0 Å². The number of hydrogen-bond donors (Lipinski definition) is 1. The van der Waals surface area contributed by atoms with Gasteiger partial charge in [0.2, 0.25) is 5.91 Å². The number of nitrogens with one attached hydrogen (secondary N) is 1. The molecule has 0 fully saturated rings. The lowest BCUT2D eigenvalue weighted by Crippen LogP contribution is -2.28. The second kappa shape index (κ2) is 4.93. The summed E-state index contributed by atoms with van der Waals surface area (Å²) in [6.07, 6.45) is 1.62. The number of carbonyl (C=O) groups excluding carboxylic acids is 1. The number of imidazole rings is 1. The van der Waals surface area contributed by atoms with Gasteiger partial charge < -0.3 is 5.32 Å². The van der Waals surface area contributed by atoms with E-state index in [1.54, 1.807) is 18.6 Å². The predicted molar refractivity (Wildman–Crippen MR) is 77.9 cm³/mol. The van der Waals surface area contributed by atoms with Crippen LogP contribution in [-0.4, -0.2) is 20.0 Å². The third-order valence-corrected chi connectivity index (χ3v) is 3.72. The molecule has 1 aromatic carbocycles. The maximum absolute atomic E-state index is 12.2. The minimum atomic E-state index is -0.265. The smallest absolute Gasteiger partial charge is 0.300 e. The quantitative estimate of drug-likeness (QED) is 0.793. The Bertz CT molecular complexity index is 817. The summed E-state index contributed by atoms with van der Waals surface area (Å²) < 4.78 is 2.99. The number of amides is 1. The fourth-order valence-corrected chi connectivity index (χ4v) is 2.65. The largest absolute Gasteiger partial charge is 0.329 e. The van der Waals surface area contributed by atoms with E-state index in [-0.39, 0.29) is 18.1 Å². The fourth-order valence-electron chi connectivity index (χ4n) is 2.10. The van der Waals surface area contributed by atoms with Crippen molar-refractivity contribution in [2.45, 2.75) is 6.54 Å². The molecule has 0 aliphatic carbocycles. The number of benzene rings is 1. The van der Waals surface area contributed by atoms with Crippen LogP contribution in [0.2, 0.25) is 0 Å². The van der Waals surface area contributed by atoms with E-state index < -0.39 is 0 Å². The van der Waals surface area contributed by atoms with Crippen molar-refractivity contribution in [3.63, 3.8) is 0 Å². The molecular weight excluding hydrogens is 276 g/mol. The number of rotatable bonds is 3. The lowest BCUT2D eigenvalue weighted by atomic mass is 10.3. The van der Waals surface area contributed by atoms with Crippen LogP contribution in [0.3, 0.4) is 0 Å². The lowest BCUT2D eigenvalue weighted by molar-refractivity contribution is -0.116. The van der Waals surface area contributed by atoms with E-state index in [0.717, 1.165) is 11.0 Å². The average Bonchev–Trinajstić information content (AvgIpc) is 3.03. The number of thiazole rings is 1. The Kier molecular flexibility index (Phi) is 3.11. The SMILES string of the molecule is Cn1c(=O)n(CC(=O)Nc2nccs2)c2ccccc21. The van der Waals surface area contributed by atoms with Gasteiger partial charge in [-0.15, -0.1) is 11.3 Å². The Morgan fingerprint density at radius 1 is 1.35 bits per heavy atom. The Labute approximate surface area is 118 Å². The molecule has 0 radical (unpaired) electrons.